The van der Waals surface area contributed by atoms with Crippen LogP contribution in [-0.4, -0.2) is 17.6 Å². The number of nitrogens with zero attached hydrogens (tertiary/aromatic N) is 1. The van der Waals surface area contributed by atoms with Gasteiger partial charge in [-0.15, -0.1) is 6.42 Å². The largest absolute Gasteiger partial charge is 0.461 e. The van der Waals surface area contributed by atoms with Crippen LogP contribution >= 0.6 is 0 Å². The lowest BCUT2D eigenvalue weighted by Gasteiger charge is -1.94. The van der Waals surface area contributed by atoms with Crippen molar-refractivity contribution in [1.29, 1.82) is 0 Å². The van der Waals surface area contributed by atoms with Crippen LogP contribution in [0.4, 0.5) is 0 Å². The molecule has 4 nitrogen and oxygen atoms in total. The normalized spacial score (nSPS) is 9.23. The second-order valence-electron chi connectivity index (χ2n) is 2.23. The Bertz CT molecular complexity index is 335. The van der Waals surface area contributed by atoms with Gasteiger partial charge >= 0.3 is 5.97 Å². The summed E-state index contributed by atoms with van der Waals surface area (Å²) in [5.41, 5.74) is 0.159. The standard InChI is InChI=1S/C9H9NO3/c1-3-5-8-10-7(6-13-8)9(11)12-4-2/h1,6H,4-5H2,2H3. The Morgan fingerprint density at radius 3 is 3.23 bits per heavy atom. The lowest BCUT2D eigenvalue weighted by atomic mass is 10.4. The monoisotopic (exact) mass is 179 g/mol. The molecule has 13 heavy (non-hydrogen) atoms. The van der Waals surface area contributed by atoms with Gasteiger partial charge in [-0.2, -0.15) is 0 Å². The van der Waals surface area contributed by atoms with Crippen LogP contribution in [0.1, 0.15) is 23.3 Å². The summed E-state index contributed by atoms with van der Waals surface area (Å²) in [7, 11) is 0. The molecule has 0 saturated heterocycles. The Hall–Kier alpha value is -1.76. The zero-order chi connectivity index (χ0) is 9.68. The number of aromatic nitrogens is 1. The first-order valence-electron chi connectivity index (χ1n) is 3.83. The van der Waals surface area contributed by atoms with Crippen LogP contribution in [0, 0.1) is 12.3 Å². The smallest absolute Gasteiger partial charge is 0.360 e. The molecule has 1 aromatic rings. The molecule has 0 aromatic carbocycles. The average molecular weight is 179 g/mol. The summed E-state index contributed by atoms with van der Waals surface area (Å²) in [5.74, 6) is 2.22. The molecule has 0 radical (unpaired) electrons. The lowest BCUT2D eigenvalue weighted by molar-refractivity contribution is 0.0519. The predicted octanol–water partition coefficient (Wildman–Crippen LogP) is 1.03. The van der Waals surface area contributed by atoms with Gasteiger partial charge in [0, 0.05) is 0 Å². The first-order chi connectivity index (χ1) is 6.27. The van der Waals surface area contributed by atoms with E-state index in [2.05, 4.69) is 10.9 Å². The van der Waals surface area contributed by atoms with Crippen LogP contribution in [-0.2, 0) is 11.2 Å². The van der Waals surface area contributed by atoms with E-state index in [9.17, 15) is 4.79 Å². The van der Waals surface area contributed by atoms with E-state index in [1.165, 1.54) is 6.26 Å². The van der Waals surface area contributed by atoms with Gasteiger partial charge in [0.05, 0.1) is 13.0 Å². The van der Waals surface area contributed by atoms with Gasteiger partial charge in [-0.3, -0.25) is 0 Å². The lowest BCUT2D eigenvalue weighted by Crippen LogP contribution is -2.04. The number of hydrogen-bond acceptors (Lipinski definition) is 4. The Balaban J connectivity index is 2.69. The minimum Gasteiger partial charge on any atom is -0.461 e. The van der Waals surface area contributed by atoms with Gasteiger partial charge < -0.3 is 9.15 Å². The summed E-state index contributed by atoms with van der Waals surface area (Å²) in [6.45, 7) is 2.04. The minimum absolute atomic E-state index is 0.159. The highest BCUT2D eigenvalue weighted by Crippen LogP contribution is 2.03. The van der Waals surface area contributed by atoms with Gasteiger partial charge in [-0.25, -0.2) is 9.78 Å². The Kier molecular flexibility index (Phi) is 3.09. The highest BCUT2D eigenvalue weighted by Gasteiger charge is 2.11. The second kappa shape index (κ2) is 4.31. The molecule has 0 spiro atoms. The maximum Gasteiger partial charge on any atom is 0.360 e. The molecule has 0 fully saturated rings. The van der Waals surface area contributed by atoms with Crippen molar-refractivity contribution in [3.8, 4) is 12.3 Å². The summed E-state index contributed by atoms with van der Waals surface area (Å²) in [6.07, 6.45) is 6.56. The SMILES string of the molecule is C#CCc1nc(C(=O)OCC)co1. The molecule has 68 valence electrons. The average Bonchev–Trinajstić information content (AvgIpc) is 2.54. The van der Waals surface area contributed by atoms with E-state index in [0.29, 0.717) is 12.5 Å². The van der Waals surface area contributed by atoms with E-state index < -0.39 is 5.97 Å². The van der Waals surface area contributed by atoms with Gasteiger partial charge in [0.15, 0.2) is 5.69 Å². The van der Waals surface area contributed by atoms with E-state index in [1.807, 2.05) is 0 Å². The zero-order valence-electron chi connectivity index (χ0n) is 7.24. The van der Waals surface area contributed by atoms with Crippen molar-refractivity contribution in [2.45, 2.75) is 13.3 Å². The van der Waals surface area contributed by atoms with E-state index in [4.69, 9.17) is 15.6 Å². The fraction of sp³-hybridized carbons (Fsp3) is 0.333. The Labute approximate surface area is 75.9 Å². The van der Waals surface area contributed by atoms with E-state index in [-0.39, 0.29) is 12.1 Å². The fourth-order valence-electron chi connectivity index (χ4n) is 0.778. The van der Waals surface area contributed by atoms with Crippen LogP contribution in [0.5, 0.6) is 0 Å². The van der Waals surface area contributed by atoms with E-state index in [0.717, 1.165) is 0 Å². The summed E-state index contributed by atoms with van der Waals surface area (Å²) in [6, 6.07) is 0. The highest BCUT2D eigenvalue weighted by atomic mass is 16.5. The number of hydrogen-bond donors (Lipinski definition) is 0. The molecule has 0 amide bonds. The molecule has 0 saturated carbocycles. The first kappa shape index (κ1) is 9.33. The van der Waals surface area contributed by atoms with Gasteiger partial charge in [-0.1, -0.05) is 5.92 Å². The van der Waals surface area contributed by atoms with Crippen molar-refractivity contribution in [3.63, 3.8) is 0 Å². The molecule has 4 heteroatoms. The predicted molar refractivity (Wildman–Crippen MR) is 45.0 cm³/mol. The summed E-state index contributed by atoms with van der Waals surface area (Å²) >= 11 is 0. The molecule has 1 heterocycles. The maximum atomic E-state index is 11.1. The third kappa shape index (κ3) is 2.34. The number of carbonyl (C=O) groups is 1. The summed E-state index contributed by atoms with van der Waals surface area (Å²) in [5, 5.41) is 0. The molecular formula is C9H9NO3. The van der Waals surface area contributed by atoms with Gasteiger partial charge in [0.2, 0.25) is 5.89 Å². The van der Waals surface area contributed by atoms with Crippen molar-refractivity contribution < 1.29 is 13.9 Å². The third-order valence-corrected chi connectivity index (χ3v) is 1.29. The zero-order valence-corrected chi connectivity index (χ0v) is 7.24. The number of terminal acetylenes is 1. The number of ether oxygens (including phenoxy) is 1. The Morgan fingerprint density at radius 1 is 1.85 bits per heavy atom. The molecule has 0 aliphatic rings. The van der Waals surface area contributed by atoms with Crippen molar-refractivity contribution in [2.75, 3.05) is 6.61 Å². The van der Waals surface area contributed by atoms with Crippen LogP contribution in [0.2, 0.25) is 0 Å². The minimum atomic E-state index is -0.491. The molecule has 0 atom stereocenters. The molecule has 1 rings (SSSR count). The quantitative estimate of drug-likeness (QED) is 0.513. The summed E-state index contributed by atoms with van der Waals surface area (Å²) in [4.78, 5) is 14.9. The van der Waals surface area contributed by atoms with E-state index >= 15 is 0 Å². The fourth-order valence-corrected chi connectivity index (χ4v) is 0.778. The molecule has 1 aromatic heterocycles. The molecule has 0 N–H and O–H groups in total. The highest BCUT2D eigenvalue weighted by molar-refractivity contribution is 5.86. The second-order valence-corrected chi connectivity index (χ2v) is 2.23. The first-order valence-corrected chi connectivity index (χ1v) is 3.83. The molecular weight excluding hydrogens is 170 g/mol. The van der Waals surface area contributed by atoms with Crippen LogP contribution < -0.4 is 0 Å². The van der Waals surface area contributed by atoms with E-state index in [1.54, 1.807) is 6.92 Å². The van der Waals surface area contributed by atoms with Crippen molar-refractivity contribution in [3.05, 3.63) is 17.8 Å². The van der Waals surface area contributed by atoms with Gasteiger partial charge in [0.25, 0.3) is 0 Å². The Morgan fingerprint density at radius 2 is 2.62 bits per heavy atom. The van der Waals surface area contributed by atoms with Crippen LogP contribution in [0.3, 0.4) is 0 Å². The number of carbonyl (C=O) groups excluding carboxylic acids is 1. The van der Waals surface area contributed by atoms with Crippen molar-refractivity contribution in [1.82, 2.24) is 4.98 Å². The van der Waals surface area contributed by atoms with Crippen molar-refractivity contribution in [2.24, 2.45) is 0 Å². The molecule has 0 bridgehead atoms. The third-order valence-electron chi connectivity index (χ3n) is 1.29. The van der Waals surface area contributed by atoms with Crippen LogP contribution in [0.15, 0.2) is 10.7 Å². The van der Waals surface area contributed by atoms with Crippen molar-refractivity contribution >= 4 is 5.97 Å². The van der Waals surface area contributed by atoms with Crippen LogP contribution in [0.25, 0.3) is 0 Å². The molecule has 0 aliphatic heterocycles. The number of rotatable bonds is 3. The van der Waals surface area contributed by atoms with Gasteiger partial charge in [-0.05, 0) is 6.92 Å². The molecule has 0 aliphatic carbocycles. The van der Waals surface area contributed by atoms with Gasteiger partial charge in [0.1, 0.15) is 6.26 Å². The number of esters is 1. The maximum absolute atomic E-state index is 11.1. The summed E-state index contributed by atoms with van der Waals surface area (Å²) < 4.78 is 9.62. The number of oxazole rings is 1. The topological polar surface area (TPSA) is 52.3 Å². The molecule has 0 unspecified atom stereocenters.